The van der Waals surface area contributed by atoms with Crippen LogP contribution in [0.5, 0.6) is 0 Å². The van der Waals surface area contributed by atoms with E-state index in [1.165, 1.54) is 14.7 Å². The number of anilines is 1. The number of thiophene rings is 1. The number of hydrogen-bond acceptors (Lipinski definition) is 3. The predicted molar refractivity (Wildman–Crippen MR) is 117 cm³/mol. The first-order chi connectivity index (χ1) is 13.9. The van der Waals surface area contributed by atoms with Crippen molar-refractivity contribution in [3.05, 3.63) is 51.7 Å². The van der Waals surface area contributed by atoms with Gasteiger partial charge in [-0.1, -0.05) is 24.3 Å². The minimum Gasteiger partial charge on any atom is -0.344 e. The molecule has 156 valence electrons. The third-order valence-corrected chi connectivity index (χ3v) is 6.63. The van der Waals surface area contributed by atoms with Gasteiger partial charge in [-0.3, -0.25) is 9.59 Å². The zero-order valence-electron chi connectivity index (χ0n) is 17.5. The van der Waals surface area contributed by atoms with Crippen molar-refractivity contribution in [3.8, 4) is 0 Å². The van der Waals surface area contributed by atoms with Crippen LogP contribution in [-0.2, 0) is 9.59 Å². The number of hydrogen-bond donors (Lipinski definition) is 4. The highest BCUT2D eigenvalue weighted by atomic mass is 32.1. The Bertz CT molecular complexity index is 809. The number of piperazine rings is 1. The lowest BCUT2D eigenvalue weighted by Gasteiger charge is -2.29. The maximum absolute atomic E-state index is 12.5. The standard InChI is InChI=1S/C22H30N4O2S/c1-16-6-4-7-17(2)22(16)24-21(28)15-26-11-9-25(10-12-26)14-20(27)23-18(3)19-8-5-13-29-19/h4-8,13,18H,9-12,14-15H2,1-3H3,(H,23,27)(H,24,28)/p+2/t18-/m0/s1. The van der Waals surface area contributed by atoms with E-state index in [-0.39, 0.29) is 17.9 Å². The van der Waals surface area contributed by atoms with E-state index < -0.39 is 0 Å². The number of carbonyl (C=O) groups is 2. The first kappa shape index (κ1) is 21.5. The smallest absolute Gasteiger partial charge is 0.279 e. The predicted octanol–water partition coefficient (Wildman–Crippen LogP) is -0.0358. The second-order valence-corrected chi connectivity index (χ2v) is 8.95. The molecular weight excluding hydrogens is 384 g/mol. The molecule has 1 aromatic carbocycles. The Labute approximate surface area is 176 Å². The molecule has 1 aromatic heterocycles. The molecule has 1 aliphatic rings. The Balaban J connectivity index is 1.40. The van der Waals surface area contributed by atoms with Gasteiger partial charge in [0.15, 0.2) is 13.1 Å². The minimum absolute atomic E-state index is 0.0578. The third-order valence-electron chi connectivity index (χ3n) is 5.58. The average Bonchev–Trinajstić information content (AvgIpc) is 3.21. The van der Waals surface area contributed by atoms with Gasteiger partial charge in [0.1, 0.15) is 26.2 Å². The third kappa shape index (κ3) is 6.13. The first-order valence-electron chi connectivity index (χ1n) is 10.3. The summed E-state index contributed by atoms with van der Waals surface area (Å²) in [4.78, 5) is 28.6. The number of para-hydroxylation sites is 1. The van der Waals surface area contributed by atoms with Crippen LogP contribution >= 0.6 is 11.3 Å². The quantitative estimate of drug-likeness (QED) is 0.512. The fourth-order valence-corrected chi connectivity index (χ4v) is 4.60. The van der Waals surface area contributed by atoms with Gasteiger partial charge in [-0.05, 0) is 43.3 Å². The molecule has 3 rings (SSSR count). The molecule has 1 aliphatic heterocycles. The van der Waals surface area contributed by atoms with E-state index in [1.807, 2.05) is 56.5 Å². The van der Waals surface area contributed by atoms with Crippen LogP contribution in [0, 0.1) is 13.8 Å². The summed E-state index contributed by atoms with van der Waals surface area (Å²) in [5, 5.41) is 8.19. The monoisotopic (exact) mass is 416 g/mol. The molecule has 6 nitrogen and oxygen atoms in total. The lowest BCUT2D eigenvalue weighted by Crippen LogP contribution is -3.28. The molecule has 2 aromatic rings. The topological polar surface area (TPSA) is 67.1 Å². The fraction of sp³-hybridized carbons (Fsp3) is 0.455. The summed E-state index contributed by atoms with van der Waals surface area (Å²) in [6.07, 6.45) is 0. The summed E-state index contributed by atoms with van der Waals surface area (Å²) in [6.45, 7) is 10.7. The van der Waals surface area contributed by atoms with Crippen molar-refractivity contribution >= 4 is 28.8 Å². The molecule has 0 spiro atoms. The van der Waals surface area contributed by atoms with Gasteiger partial charge in [-0.15, -0.1) is 11.3 Å². The molecular formula is C22H32N4O2S+2. The van der Waals surface area contributed by atoms with Crippen molar-refractivity contribution in [1.29, 1.82) is 0 Å². The van der Waals surface area contributed by atoms with Crippen LogP contribution in [0.4, 0.5) is 5.69 Å². The maximum atomic E-state index is 12.5. The number of carbonyl (C=O) groups excluding carboxylic acids is 2. The minimum atomic E-state index is 0.0578. The Kier molecular flexibility index (Phi) is 7.41. The van der Waals surface area contributed by atoms with Gasteiger partial charge in [0.25, 0.3) is 11.8 Å². The van der Waals surface area contributed by atoms with Crippen LogP contribution in [-0.4, -0.2) is 51.1 Å². The van der Waals surface area contributed by atoms with Crippen LogP contribution in [0.2, 0.25) is 0 Å². The molecule has 2 amide bonds. The van der Waals surface area contributed by atoms with Crippen molar-refractivity contribution in [2.24, 2.45) is 0 Å². The SMILES string of the molecule is Cc1cccc(C)c1NC(=O)C[NH+]1CC[NH+](CC(=O)N[C@@H](C)c2cccs2)CC1. The van der Waals surface area contributed by atoms with E-state index in [0.717, 1.165) is 43.0 Å². The van der Waals surface area contributed by atoms with E-state index in [2.05, 4.69) is 10.6 Å². The van der Waals surface area contributed by atoms with Gasteiger partial charge in [0, 0.05) is 10.6 Å². The largest absolute Gasteiger partial charge is 0.344 e. The van der Waals surface area contributed by atoms with Crippen LogP contribution < -0.4 is 20.4 Å². The Hall–Kier alpha value is -2.22. The summed E-state index contributed by atoms with van der Waals surface area (Å²) in [6, 6.07) is 10.2. The Morgan fingerprint density at radius 2 is 1.55 bits per heavy atom. The van der Waals surface area contributed by atoms with Crippen molar-refractivity contribution in [2.75, 3.05) is 44.6 Å². The van der Waals surface area contributed by atoms with E-state index in [0.29, 0.717) is 13.1 Å². The fourth-order valence-electron chi connectivity index (χ4n) is 3.86. The molecule has 1 fully saturated rings. The lowest BCUT2D eigenvalue weighted by molar-refractivity contribution is -1.00. The van der Waals surface area contributed by atoms with Gasteiger partial charge in [0.05, 0.1) is 6.04 Å². The zero-order valence-corrected chi connectivity index (χ0v) is 18.3. The molecule has 2 heterocycles. The summed E-state index contributed by atoms with van der Waals surface area (Å²) in [5.41, 5.74) is 3.11. The maximum Gasteiger partial charge on any atom is 0.279 e. The van der Waals surface area contributed by atoms with Gasteiger partial charge in [-0.2, -0.15) is 0 Å². The number of quaternary nitrogens is 2. The second-order valence-electron chi connectivity index (χ2n) is 7.97. The summed E-state index contributed by atoms with van der Waals surface area (Å²) in [7, 11) is 0. The summed E-state index contributed by atoms with van der Waals surface area (Å²) in [5.74, 6) is 0.153. The zero-order chi connectivity index (χ0) is 20.8. The van der Waals surface area contributed by atoms with Gasteiger partial charge in [0.2, 0.25) is 0 Å². The van der Waals surface area contributed by atoms with E-state index in [1.54, 1.807) is 11.3 Å². The first-order valence-corrected chi connectivity index (χ1v) is 11.2. The highest BCUT2D eigenvalue weighted by Crippen LogP contribution is 2.19. The van der Waals surface area contributed by atoms with Gasteiger partial charge >= 0.3 is 0 Å². The lowest BCUT2D eigenvalue weighted by atomic mass is 10.1. The summed E-state index contributed by atoms with van der Waals surface area (Å²) >= 11 is 1.66. The van der Waals surface area contributed by atoms with Crippen molar-refractivity contribution in [3.63, 3.8) is 0 Å². The molecule has 0 unspecified atom stereocenters. The number of aryl methyl sites for hydroxylation is 2. The number of amides is 2. The van der Waals surface area contributed by atoms with Crippen molar-refractivity contribution < 1.29 is 19.4 Å². The molecule has 4 N–H and O–H groups in total. The average molecular weight is 417 g/mol. The van der Waals surface area contributed by atoms with E-state index in [9.17, 15) is 9.59 Å². The number of rotatable bonds is 7. The number of nitrogens with one attached hydrogen (secondary N) is 4. The molecule has 0 saturated carbocycles. The highest BCUT2D eigenvalue weighted by Gasteiger charge is 2.27. The van der Waals surface area contributed by atoms with Gasteiger partial charge < -0.3 is 20.4 Å². The molecule has 7 heteroatoms. The molecule has 0 aliphatic carbocycles. The van der Waals surface area contributed by atoms with E-state index >= 15 is 0 Å². The molecule has 0 bridgehead atoms. The molecule has 0 radical (unpaired) electrons. The van der Waals surface area contributed by atoms with Crippen LogP contribution in [0.1, 0.15) is 29.0 Å². The normalized spacial score (nSPS) is 20.1. The van der Waals surface area contributed by atoms with Gasteiger partial charge in [-0.25, -0.2) is 0 Å². The van der Waals surface area contributed by atoms with Crippen LogP contribution in [0.15, 0.2) is 35.7 Å². The van der Waals surface area contributed by atoms with E-state index in [4.69, 9.17) is 0 Å². The Morgan fingerprint density at radius 3 is 2.10 bits per heavy atom. The van der Waals surface area contributed by atoms with Crippen LogP contribution in [0.3, 0.4) is 0 Å². The number of benzene rings is 1. The van der Waals surface area contributed by atoms with Crippen molar-refractivity contribution in [1.82, 2.24) is 5.32 Å². The van der Waals surface area contributed by atoms with Crippen LogP contribution in [0.25, 0.3) is 0 Å². The summed E-state index contributed by atoms with van der Waals surface area (Å²) < 4.78 is 0. The Morgan fingerprint density at radius 1 is 0.966 bits per heavy atom. The molecule has 1 atom stereocenters. The molecule has 1 saturated heterocycles. The highest BCUT2D eigenvalue weighted by molar-refractivity contribution is 7.10. The second kappa shape index (κ2) is 10.0. The van der Waals surface area contributed by atoms with Crippen molar-refractivity contribution in [2.45, 2.75) is 26.8 Å². The molecule has 29 heavy (non-hydrogen) atoms.